The van der Waals surface area contributed by atoms with E-state index in [4.69, 9.17) is 0 Å². The van der Waals surface area contributed by atoms with Crippen LogP contribution in [0.2, 0.25) is 0 Å². The average molecular weight is 429 g/mol. The molecule has 0 atom stereocenters. The van der Waals surface area contributed by atoms with E-state index in [-0.39, 0.29) is 0 Å². The second kappa shape index (κ2) is 9.16. The monoisotopic (exact) mass is 430 g/mol. The fourth-order valence-corrected chi connectivity index (χ4v) is 9.58. The molecule has 136 valence electrons. The van der Waals surface area contributed by atoms with E-state index in [0.717, 1.165) is 11.1 Å². The van der Waals surface area contributed by atoms with Crippen LogP contribution in [0.5, 0.6) is 0 Å². The zero-order valence-corrected chi connectivity index (χ0v) is 18.1. The van der Waals surface area contributed by atoms with E-state index in [9.17, 15) is 0 Å². The molecule has 0 amide bonds. The van der Waals surface area contributed by atoms with Gasteiger partial charge in [0, 0.05) is 0 Å². The van der Waals surface area contributed by atoms with Gasteiger partial charge in [-0.05, 0) is 0 Å². The van der Waals surface area contributed by atoms with Crippen LogP contribution in [0, 0.1) is 21.3 Å². The van der Waals surface area contributed by atoms with Gasteiger partial charge in [-0.3, -0.25) is 0 Å². The van der Waals surface area contributed by atoms with Crippen LogP contribution in [0.25, 0.3) is 0 Å². The Morgan fingerprint density at radius 3 is 1.03 bits per heavy atom. The molecule has 0 bridgehead atoms. The summed E-state index contributed by atoms with van der Waals surface area (Å²) in [6, 6.07) is 41.6. The number of hydrogen-bond donors (Lipinski definition) is 0. The van der Waals surface area contributed by atoms with Gasteiger partial charge in [0.25, 0.3) is 0 Å². The molecule has 0 saturated carbocycles. The summed E-state index contributed by atoms with van der Waals surface area (Å²) in [6.45, 7) is 0. The van der Waals surface area contributed by atoms with Gasteiger partial charge in [0.05, 0.1) is 0 Å². The van der Waals surface area contributed by atoms with E-state index < -0.39 is 13.3 Å². The fraction of sp³-hybridized carbons (Fsp3) is 0. The van der Waals surface area contributed by atoms with E-state index in [2.05, 4.69) is 106 Å². The molecule has 0 fully saturated rings. The predicted octanol–water partition coefficient (Wildman–Crippen LogP) is 4.43. The van der Waals surface area contributed by atoms with Gasteiger partial charge in [-0.2, -0.15) is 0 Å². The third-order valence-electron chi connectivity index (χ3n) is 4.75. The Balaban J connectivity index is 1.96. The van der Waals surface area contributed by atoms with Crippen molar-refractivity contribution in [1.82, 2.24) is 0 Å². The molecule has 0 aliphatic heterocycles. The molecule has 4 rings (SSSR count). The summed E-state index contributed by atoms with van der Waals surface area (Å²) in [6.07, 6.45) is 0. The summed E-state index contributed by atoms with van der Waals surface area (Å²) >= 11 is -3.30. The molecule has 29 heavy (non-hydrogen) atoms. The molecule has 0 heterocycles. The van der Waals surface area contributed by atoms with Crippen molar-refractivity contribution in [3.63, 3.8) is 0 Å². The van der Waals surface area contributed by atoms with Crippen LogP contribution < -0.4 is 8.79 Å². The molecule has 0 radical (unpaired) electrons. The minimum absolute atomic E-state index is 1.02. The van der Waals surface area contributed by atoms with E-state index in [1.165, 1.54) is 8.79 Å². The van der Waals surface area contributed by atoms with E-state index in [0.29, 0.717) is 0 Å². The Hall–Kier alpha value is -3.46. The van der Waals surface area contributed by atoms with Crippen molar-refractivity contribution in [3.05, 3.63) is 132 Å². The molecule has 0 N–H and O–H groups in total. The van der Waals surface area contributed by atoms with Gasteiger partial charge in [-0.1, -0.05) is 0 Å². The van der Waals surface area contributed by atoms with E-state index >= 15 is 0 Å². The number of hydrogen-bond acceptors (Lipinski definition) is 0. The first-order valence-corrected chi connectivity index (χ1v) is 13.8. The van der Waals surface area contributed by atoms with Crippen molar-refractivity contribution in [3.8, 4) is 21.3 Å². The first kappa shape index (κ1) is 18.9. The second-order valence-electron chi connectivity index (χ2n) is 6.71. The molecule has 0 unspecified atom stereocenters. The molecule has 0 aliphatic carbocycles. The maximum absolute atomic E-state index is 3.72. The van der Waals surface area contributed by atoms with Crippen LogP contribution in [0.1, 0.15) is 11.1 Å². The van der Waals surface area contributed by atoms with Crippen LogP contribution in [0.3, 0.4) is 0 Å². The predicted molar refractivity (Wildman–Crippen MR) is 125 cm³/mol. The van der Waals surface area contributed by atoms with Crippen molar-refractivity contribution in [2.45, 2.75) is 0 Å². The topological polar surface area (TPSA) is 0 Å². The molecule has 0 nitrogen and oxygen atoms in total. The molecular weight excluding hydrogens is 409 g/mol. The molecule has 0 saturated heterocycles. The van der Waals surface area contributed by atoms with Crippen molar-refractivity contribution in [1.29, 1.82) is 0 Å². The molecule has 4 aromatic carbocycles. The molecule has 4 aromatic rings. The zero-order chi connectivity index (χ0) is 19.8. The van der Waals surface area contributed by atoms with E-state index in [1.807, 2.05) is 36.4 Å². The number of benzene rings is 4. The van der Waals surface area contributed by atoms with Crippen LogP contribution in [-0.4, -0.2) is 13.3 Å². The van der Waals surface area contributed by atoms with Gasteiger partial charge in [0.1, 0.15) is 0 Å². The first-order chi connectivity index (χ1) is 14.4. The second-order valence-corrected chi connectivity index (χ2v) is 13.3. The van der Waals surface area contributed by atoms with Gasteiger partial charge in [-0.25, -0.2) is 0 Å². The normalized spacial score (nSPS) is 10.2. The van der Waals surface area contributed by atoms with Gasteiger partial charge in [-0.15, -0.1) is 0 Å². The van der Waals surface area contributed by atoms with Crippen LogP contribution >= 0.6 is 0 Å². The minimum atomic E-state index is -3.30. The quantitative estimate of drug-likeness (QED) is 0.327. The Bertz CT molecular complexity index is 1070. The SMILES string of the molecule is C(#[C][Ge]([C]#Cc1ccccc1)([c]1ccccc1)[c]1ccccc1)c1ccccc1. The van der Waals surface area contributed by atoms with Gasteiger partial charge < -0.3 is 0 Å². The Morgan fingerprint density at radius 1 is 0.379 bits per heavy atom. The summed E-state index contributed by atoms with van der Waals surface area (Å²) in [5.74, 6) is 6.90. The first-order valence-electron chi connectivity index (χ1n) is 9.64. The molecular formula is C28H20Ge. The van der Waals surface area contributed by atoms with E-state index in [1.54, 1.807) is 0 Å². The zero-order valence-electron chi connectivity index (χ0n) is 16.0. The van der Waals surface area contributed by atoms with Crippen LogP contribution in [-0.2, 0) is 0 Å². The van der Waals surface area contributed by atoms with Crippen LogP contribution in [0.15, 0.2) is 121 Å². The van der Waals surface area contributed by atoms with Crippen molar-refractivity contribution >= 4 is 22.1 Å². The summed E-state index contributed by atoms with van der Waals surface area (Å²) in [7, 11) is 0. The Morgan fingerprint density at radius 2 is 0.690 bits per heavy atom. The van der Waals surface area contributed by atoms with Gasteiger partial charge in [0.15, 0.2) is 0 Å². The Kier molecular flexibility index (Phi) is 5.96. The van der Waals surface area contributed by atoms with Crippen LogP contribution in [0.4, 0.5) is 0 Å². The standard InChI is InChI=1S/C28H20Ge/c1-5-13-25(14-6-1)21-23-29(27-17-9-3-10-18-27,28-19-11-4-12-20-28)24-22-26-15-7-2-8-16-26/h1-20H. The van der Waals surface area contributed by atoms with Crippen molar-refractivity contribution in [2.24, 2.45) is 0 Å². The van der Waals surface area contributed by atoms with Gasteiger partial charge >= 0.3 is 176 Å². The van der Waals surface area contributed by atoms with Crippen molar-refractivity contribution in [2.75, 3.05) is 0 Å². The third kappa shape index (κ3) is 4.52. The number of rotatable bonds is 2. The molecule has 0 aliphatic rings. The van der Waals surface area contributed by atoms with Crippen molar-refractivity contribution < 1.29 is 0 Å². The summed E-state index contributed by atoms with van der Waals surface area (Å²) in [4.78, 5) is 0. The molecule has 1 heteroatoms. The Labute approximate surface area is 175 Å². The fourth-order valence-electron chi connectivity index (χ4n) is 3.24. The average Bonchev–Trinajstić information content (AvgIpc) is 2.82. The summed E-state index contributed by atoms with van der Waals surface area (Å²) in [5.41, 5.74) is 2.05. The summed E-state index contributed by atoms with van der Waals surface area (Å²) in [5, 5.41) is 0. The summed E-state index contributed by atoms with van der Waals surface area (Å²) < 4.78 is 9.94. The third-order valence-corrected chi connectivity index (χ3v) is 11.9. The molecule has 0 spiro atoms. The molecule has 0 aromatic heterocycles. The maximum atomic E-state index is 3.72. The van der Waals surface area contributed by atoms with Gasteiger partial charge in [0.2, 0.25) is 0 Å².